The van der Waals surface area contributed by atoms with Crippen LogP contribution in [0.4, 0.5) is 24.5 Å². The second-order valence-electron chi connectivity index (χ2n) is 8.86. The number of pyridine rings is 1. The number of benzene rings is 1. The minimum Gasteiger partial charge on any atom is -0.495 e. The minimum absolute atomic E-state index is 0.181. The number of carbonyl (C=O) groups is 2. The van der Waals surface area contributed by atoms with Gasteiger partial charge in [0, 0.05) is 19.1 Å². The summed E-state index contributed by atoms with van der Waals surface area (Å²) in [5.41, 5.74) is 1.65. The van der Waals surface area contributed by atoms with E-state index in [1.807, 2.05) is 0 Å². The number of nitrogens with zero attached hydrogens (tertiary/aromatic N) is 2. The van der Waals surface area contributed by atoms with Crippen molar-refractivity contribution in [3.8, 4) is 11.5 Å². The number of hydrogen-bond acceptors (Lipinski definition) is 7. The van der Waals surface area contributed by atoms with Crippen LogP contribution in [-0.4, -0.2) is 77.4 Å². The van der Waals surface area contributed by atoms with E-state index in [4.69, 9.17) is 14.6 Å². The molecule has 0 unspecified atom stereocenters. The predicted octanol–water partition coefficient (Wildman–Crippen LogP) is 3.28. The number of piperidine rings is 1. The number of aryl methyl sites for hydroxylation is 1. The zero-order valence-corrected chi connectivity index (χ0v) is 20.8. The van der Waals surface area contributed by atoms with Crippen LogP contribution in [0.15, 0.2) is 30.3 Å². The highest BCUT2D eigenvalue weighted by molar-refractivity contribution is 6.03. The van der Waals surface area contributed by atoms with Gasteiger partial charge in [0.1, 0.15) is 23.7 Å². The lowest BCUT2D eigenvalue weighted by Crippen LogP contribution is -2.47. The van der Waals surface area contributed by atoms with Gasteiger partial charge in [-0.2, -0.15) is 13.2 Å². The number of methoxy groups -OCH3 is 1. The zero-order valence-electron chi connectivity index (χ0n) is 20.8. The molecule has 0 bridgehead atoms. The molecule has 4 rings (SSSR count). The molecule has 2 amide bonds. The first-order chi connectivity index (χ1) is 18.1. The maximum atomic E-state index is 13.2. The van der Waals surface area contributed by atoms with Gasteiger partial charge in [0.05, 0.1) is 29.6 Å². The summed E-state index contributed by atoms with van der Waals surface area (Å²) in [4.78, 5) is 33.6. The van der Waals surface area contributed by atoms with Crippen LogP contribution in [-0.2, 0) is 4.79 Å². The number of halogens is 3. The number of aromatic nitrogens is 2. The summed E-state index contributed by atoms with van der Waals surface area (Å²) in [6.07, 6.45) is -3.76. The Labute approximate surface area is 216 Å². The van der Waals surface area contributed by atoms with Crippen molar-refractivity contribution in [2.24, 2.45) is 0 Å². The SMILES string of the molecule is COc1ccccc1Nc1cc2c(OCC(F)(F)F)c(C(=O)NC3CCN(C(=O)CO)CC3)[nH]c2nc1C. The summed E-state index contributed by atoms with van der Waals surface area (Å²) in [5.74, 6) is -0.754. The summed E-state index contributed by atoms with van der Waals surface area (Å²) in [5, 5.41) is 15.2. The third kappa shape index (κ3) is 6.10. The lowest BCUT2D eigenvalue weighted by Gasteiger charge is -2.32. The van der Waals surface area contributed by atoms with Crippen molar-refractivity contribution in [3.05, 3.63) is 41.7 Å². The molecule has 0 radical (unpaired) electrons. The van der Waals surface area contributed by atoms with E-state index in [9.17, 15) is 22.8 Å². The molecule has 3 heterocycles. The Morgan fingerprint density at radius 2 is 1.92 bits per heavy atom. The van der Waals surface area contributed by atoms with E-state index in [-0.39, 0.29) is 28.5 Å². The average molecular weight is 536 g/mol. The van der Waals surface area contributed by atoms with Crippen molar-refractivity contribution >= 4 is 34.2 Å². The van der Waals surface area contributed by atoms with Gasteiger partial charge in [-0.25, -0.2) is 4.98 Å². The summed E-state index contributed by atoms with van der Waals surface area (Å²) in [6, 6.07) is 8.38. The quantitative estimate of drug-likeness (QED) is 0.349. The lowest BCUT2D eigenvalue weighted by molar-refractivity contribution is -0.153. The second-order valence-corrected chi connectivity index (χ2v) is 8.86. The molecule has 3 aromatic rings. The molecule has 4 N–H and O–H groups in total. The number of anilines is 2. The standard InChI is InChI=1S/C25H28F3N5O5/c1-14-18(31-17-5-3-4-6-19(17)37-2)11-16-22(38-13-25(26,27)28)21(32-23(16)29-14)24(36)30-15-7-9-33(10-8-15)20(35)12-34/h3-6,11,15,31,34H,7-10,12-13H2,1-2H3,(H,29,32)(H,30,36). The highest BCUT2D eigenvalue weighted by atomic mass is 19.4. The van der Waals surface area contributed by atoms with E-state index >= 15 is 0 Å². The fourth-order valence-electron chi connectivity index (χ4n) is 4.30. The predicted molar refractivity (Wildman–Crippen MR) is 133 cm³/mol. The number of H-pyrrole nitrogens is 1. The second kappa shape index (κ2) is 11.2. The molecule has 0 aliphatic carbocycles. The van der Waals surface area contributed by atoms with Crippen molar-refractivity contribution in [1.82, 2.24) is 20.2 Å². The first-order valence-corrected chi connectivity index (χ1v) is 11.9. The van der Waals surface area contributed by atoms with E-state index in [0.29, 0.717) is 48.7 Å². The number of rotatable bonds is 8. The van der Waals surface area contributed by atoms with E-state index in [2.05, 4.69) is 20.6 Å². The van der Waals surface area contributed by atoms with Crippen molar-refractivity contribution in [3.63, 3.8) is 0 Å². The van der Waals surface area contributed by atoms with Crippen LogP contribution in [0.5, 0.6) is 11.5 Å². The van der Waals surface area contributed by atoms with E-state index in [1.54, 1.807) is 37.3 Å². The molecule has 1 aliphatic heterocycles. The zero-order chi connectivity index (χ0) is 27.4. The van der Waals surface area contributed by atoms with Crippen LogP contribution in [0.25, 0.3) is 11.0 Å². The number of carbonyl (C=O) groups excluding carboxylic acids is 2. The average Bonchev–Trinajstić information content (AvgIpc) is 3.24. The van der Waals surface area contributed by atoms with Crippen LogP contribution in [0.3, 0.4) is 0 Å². The molecule has 1 fully saturated rings. The Hall–Kier alpha value is -4.00. The highest BCUT2D eigenvalue weighted by Gasteiger charge is 2.32. The maximum Gasteiger partial charge on any atom is 0.422 e. The Kier molecular flexibility index (Phi) is 7.95. The summed E-state index contributed by atoms with van der Waals surface area (Å²) in [6.45, 7) is 0.215. The molecule has 1 aromatic carbocycles. The van der Waals surface area contributed by atoms with Crippen molar-refractivity contribution in [1.29, 1.82) is 0 Å². The Balaban J connectivity index is 1.63. The molecular weight excluding hydrogens is 507 g/mol. The van der Waals surface area contributed by atoms with Crippen molar-refractivity contribution in [2.45, 2.75) is 32.0 Å². The molecule has 38 heavy (non-hydrogen) atoms. The largest absolute Gasteiger partial charge is 0.495 e. The fourth-order valence-corrected chi connectivity index (χ4v) is 4.30. The molecule has 204 valence electrons. The normalized spacial score (nSPS) is 14.4. The third-order valence-corrected chi connectivity index (χ3v) is 6.23. The van der Waals surface area contributed by atoms with E-state index < -0.39 is 31.2 Å². The fraction of sp³-hybridized carbons (Fsp3) is 0.400. The number of likely N-dealkylation sites (tertiary alicyclic amines) is 1. The Morgan fingerprint density at radius 3 is 2.58 bits per heavy atom. The van der Waals surface area contributed by atoms with Crippen LogP contribution in [0, 0.1) is 6.92 Å². The van der Waals surface area contributed by atoms with Crippen LogP contribution < -0.4 is 20.1 Å². The number of aromatic amines is 1. The molecule has 1 saturated heterocycles. The number of aliphatic hydroxyl groups excluding tert-OH is 1. The van der Waals surface area contributed by atoms with Crippen molar-refractivity contribution in [2.75, 3.05) is 38.7 Å². The lowest BCUT2D eigenvalue weighted by atomic mass is 10.0. The highest BCUT2D eigenvalue weighted by Crippen LogP contribution is 2.36. The van der Waals surface area contributed by atoms with Gasteiger partial charge >= 0.3 is 6.18 Å². The topological polar surface area (TPSA) is 129 Å². The Bertz CT molecular complexity index is 1320. The number of aliphatic hydroxyl groups is 1. The maximum absolute atomic E-state index is 13.2. The van der Waals surface area contributed by atoms with Crippen LogP contribution in [0.2, 0.25) is 0 Å². The number of nitrogens with one attached hydrogen (secondary N) is 3. The van der Waals surface area contributed by atoms with Gasteiger partial charge < -0.3 is 35.1 Å². The van der Waals surface area contributed by atoms with E-state index in [1.165, 1.54) is 12.0 Å². The molecule has 10 nitrogen and oxygen atoms in total. The number of ether oxygens (including phenoxy) is 2. The molecule has 13 heteroatoms. The summed E-state index contributed by atoms with van der Waals surface area (Å²) >= 11 is 0. The minimum atomic E-state index is -4.62. The number of para-hydroxylation sites is 2. The van der Waals surface area contributed by atoms with Gasteiger partial charge in [-0.3, -0.25) is 9.59 Å². The van der Waals surface area contributed by atoms with Gasteiger partial charge in [-0.1, -0.05) is 12.1 Å². The smallest absolute Gasteiger partial charge is 0.422 e. The van der Waals surface area contributed by atoms with Gasteiger partial charge in [-0.15, -0.1) is 0 Å². The van der Waals surface area contributed by atoms with Gasteiger partial charge in [0.15, 0.2) is 12.4 Å². The first-order valence-electron chi connectivity index (χ1n) is 11.9. The van der Waals surface area contributed by atoms with Gasteiger partial charge in [0.2, 0.25) is 5.91 Å². The number of amides is 2. The van der Waals surface area contributed by atoms with Crippen LogP contribution >= 0.6 is 0 Å². The molecule has 0 saturated carbocycles. The Morgan fingerprint density at radius 1 is 1.21 bits per heavy atom. The van der Waals surface area contributed by atoms with E-state index in [0.717, 1.165) is 0 Å². The monoisotopic (exact) mass is 535 g/mol. The van der Waals surface area contributed by atoms with Crippen LogP contribution in [0.1, 0.15) is 29.0 Å². The third-order valence-electron chi connectivity index (χ3n) is 6.23. The van der Waals surface area contributed by atoms with Gasteiger partial charge in [0.25, 0.3) is 5.91 Å². The summed E-state index contributed by atoms with van der Waals surface area (Å²) in [7, 11) is 1.52. The first kappa shape index (κ1) is 27.0. The van der Waals surface area contributed by atoms with Gasteiger partial charge in [-0.05, 0) is 38.0 Å². The molecule has 1 aliphatic rings. The molecule has 2 aromatic heterocycles. The van der Waals surface area contributed by atoms with Crippen molar-refractivity contribution < 1.29 is 37.3 Å². The molecular formula is C25H28F3N5O5. The molecule has 0 atom stereocenters. The summed E-state index contributed by atoms with van der Waals surface area (Å²) < 4.78 is 49.7. The number of fused-ring (bicyclic) bond motifs is 1. The number of hydrogen-bond donors (Lipinski definition) is 4. The number of alkyl halides is 3. The molecule has 0 spiro atoms.